The normalized spacial score (nSPS) is 45.1. The second-order valence-corrected chi connectivity index (χ2v) is 17.8. The molecule has 2 aliphatic carbocycles. The Bertz CT molecular complexity index is 2210. The van der Waals surface area contributed by atoms with Crippen LogP contribution in [0.4, 0.5) is 11.4 Å². The Morgan fingerprint density at radius 2 is 1.67 bits per heavy atom. The zero-order chi connectivity index (χ0) is 35.4. The van der Waals surface area contributed by atoms with Crippen LogP contribution < -0.4 is 9.80 Å². The van der Waals surface area contributed by atoms with Gasteiger partial charge in [0, 0.05) is 84.7 Å². The SMILES string of the molecule is CC=C1CN2CC[C@]34c5cc6oc7cc8c(cc7c6cc5N(C)[C@@]23CC[C@H]1[C@@H]4C(=O)OC)[C@]12CCN3C[C@]4(O[C@@H]4C)[C@H](C[C@H]3[C@@H]1N8C)[C@H]2C(=O)OC. The molecule has 2 aromatic carbocycles. The third-order valence-electron chi connectivity index (χ3n) is 17.0. The lowest BCUT2D eigenvalue weighted by Gasteiger charge is -2.64. The standard InChI is InChI=1S/C42H48N4O6/c1-7-22-19-46-13-11-40-27-17-32-25(15-30(27)44(4)42(40,46)9-8-23(22)34(40)37(47)49-5)24-14-26-29(18-33(24)51-32)43(3)36-31-16-28-35(38(48)50-6)39(26,36)10-12-45(31)20-41(28)21(2)52-41/h7,14-15,17-18,21,23,28,31,34-36H,8-13,16,19-20H2,1-6H3/t21-,23-,28-,31+,34-,35+,36+,39+,40-,41-,42+/m1/s1. The molecule has 2 spiro atoms. The number of fused-ring (bicyclic) bond motifs is 9. The molecule has 13 rings (SSSR count). The summed E-state index contributed by atoms with van der Waals surface area (Å²) in [6, 6.07) is 9.82. The minimum Gasteiger partial charge on any atom is -0.469 e. The Kier molecular flexibility index (Phi) is 5.55. The lowest BCUT2D eigenvalue weighted by atomic mass is 9.48. The summed E-state index contributed by atoms with van der Waals surface area (Å²) in [5.74, 6) is -0.423. The van der Waals surface area contributed by atoms with Gasteiger partial charge in [0.2, 0.25) is 0 Å². The number of carbonyl (C=O) groups excluding carboxylic acids is 2. The second kappa shape index (κ2) is 9.36. The molecule has 1 aromatic heterocycles. The highest BCUT2D eigenvalue weighted by atomic mass is 16.6. The van der Waals surface area contributed by atoms with Gasteiger partial charge in [0.15, 0.2) is 0 Å². The monoisotopic (exact) mass is 704 g/mol. The van der Waals surface area contributed by atoms with Gasteiger partial charge in [-0.05, 0) is 87.7 Å². The Hall–Kier alpha value is -3.60. The van der Waals surface area contributed by atoms with Crippen molar-refractivity contribution in [2.75, 3.05) is 64.3 Å². The molecule has 0 radical (unpaired) electrons. The Morgan fingerprint density at radius 1 is 0.923 bits per heavy atom. The van der Waals surface area contributed by atoms with Gasteiger partial charge in [0.1, 0.15) is 22.4 Å². The van der Waals surface area contributed by atoms with E-state index in [2.05, 4.69) is 77.9 Å². The van der Waals surface area contributed by atoms with E-state index in [4.69, 9.17) is 18.6 Å². The number of esters is 2. The molecule has 10 aliphatic rings. The largest absolute Gasteiger partial charge is 0.469 e. The number of anilines is 2. The molecule has 6 saturated heterocycles. The van der Waals surface area contributed by atoms with E-state index in [1.165, 1.54) is 22.4 Å². The molecule has 2 saturated carbocycles. The predicted octanol–water partition coefficient (Wildman–Crippen LogP) is 4.95. The van der Waals surface area contributed by atoms with E-state index in [0.717, 1.165) is 85.9 Å². The number of hydrogen-bond acceptors (Lipinski definition) is 10. The van der Waals surface area contributed by atoms with Crippen LogP contribution >= 0.6 is 0 Å². The van der Waals surface area contributed by atoms with Crippen LogP contribution in [-0.2, 0) is 34.6 Å². The summed E-state index contributed by atoms with van der Waals surface area (Å²) in [7, 11) is 7.59. The fourth-order valence-electron chi connectivity index (χ4n) is 15.2. The van der Waals surface area contributed by atoms with E-state index < -0.39 is 5.41 Å². The molecule has 0 amide bonds. The van der Waals surface area contributed by atoms with Crippen molar-refractivity contribution in [3.05, 3.63) is 47.0 Å². The van der Waals surface area contributed by atoms with Crippen LogP contribution in [0.5, 0.6) is 0 Å². The van der Waals surface area contributed by atoms with Gasteiger partial charge in [-0.3, -0.25) is 19.4 Å². The zero-order valence-corrected chi connectivity index (χ0v) is 31.0. The van der Waals surface area contributed by atoms with Gasteiger partial charge in [0.25, 0.3) is 0 Å². The highest BCUT2D eigenvalue weighted by Crippen LogP contribution is 2.71. The lowest BCUT2D eigenvalue weighted by molar-refractivity contribution is -0.169. The van der Waals surface area contributed by atoms with Gasteiger partial charge in [-0.15, -0.1) is 0 Å². The molecule has 12 atom stereocenters. The van der Waals surface area contributed by atoms with Crippen LogP contribution in [0.3, 0.4) is 0 Å². The first-order valence-corrected chi connectivity index (χ1v) is 19.6. The number of hydrogen-bond donors (Lipinski definition) is 0. The third kappa shape index (κ3) is 2.97. The van der Waals surface area contributed by atoms with Gasteiger partial charge in [0.05, 0.1) is 38.2 Å². The van der Waals surface area contributed by atoms with Crippen LogP contribution in [0.1, 0.15) is 57.1 Å². The Labute approximate surface area is 303 Å². The number of benzene rings is 2. The molecule has 8 fully saturated rings. The molecule has 1 unspecified atom stereocenters. The van der Waals surface area contributed by atoms with E-state index >= 15 is 0 Å². The van der Waals surface area contributed by atoms with E-state index in [1.807, 2.05) is 0 Å². The van der Waals surface area contributed by atoms with Crippen LogP contribution in [0.25, 0.3) is 21.9 Å². The highest BCUT2D eigenvalue weighted by molar-refractivity contribution is 6.09. The summed E-state index contributed by atoms with van der Waals surface area (Å²) < 4.78 is 24.7. The van der Waals surface area contributed by atoms with Crippen LogP contribution in [-0.4, -0.2) is 106 Å². The number of likely N-dealkylation sites (N-methyl/N-ethyl adjacent to an activating group) is 2. The first-order chi connectivity index (χ1) is 25.1. The van der Waals surface area contributed by atoms with Crippen molar-refractivity contribution in [2.24, 2.45) is 23.7 Å². The number of furan rings is 1. The van der Waals surface area contributed by atoms with Gasteiger partial charge < -0.3 is 28.4 Å². The molecule has 10 heteroatoms. The minimum atomic E-state index is -0.390. The van der Waals surface area contributed by atoms with Crippen molar-refractivity contribution < 1.29 is 28.2 Å². The average Bonchev–Trinajstić information content (AvgIpc) is 3.35. The lowest BCUT2D eigenvalue weighted by Crippen LogP contribution is -2.76. The molecular weight excluding hydrogens is 656 g/mol. The molecule has 9 heterocycles. The first-order valence-electron chi connectivity index (χ1n) is 19.6. The summed E-state index contributed by atoms with van der Waals surface area (Å²) in [4.78, 5) is 38.5. The van der Waals surface area contributed by atoms with Crippen molar-refractivity contribution in [2.45, 2.75) is 86.2 Å². The van der Waals surface area contributed by atoms with E-state index in [0.29, 0.717) is 6.04 Å². The number of ether oxygens (including phenoxy) is 3. The molecule has 7 bridgehead atoms. The Morgan fingerprint density at radius 3 is 2.42 bits per heavy atom. The molecule has 272 valence electrons. The smallest absolute Gasteiger partial charge is 0.310 e. The van der Waals surface area contributed by atoms with E-state index in [9.17, 15) is 9.59 Å². The predicted molar refractivity (Wildman–Crippen MR) is 195 cm³/mol. The number of epoxide rings is 1. The van der Waals surface area contributed by atoms with Crippen LogP contribution in [0.15, 0.2) is 40.3 Å². The number of rotatable bonds is 2. The summed E-state index contributed by atoms with van der Waals surface area (Å²) in [5.41, 5.74) is 6.62. The fraction of sp³-hybridized carbons (Fsp3) is 0.619. The third-order valence-corrected chi connectivity index (χ3v) is 17.0. The van der Waals surface area contributed by atoms with Crippen LogP contribution in [0.2, 0.25) is 0 Å². The minimum absolute atomic E-state index is 0.0902. The molecule has 8 aliphatic heterocycles. The van der Waals surface area contributed by atoms with E-state index in [1.54, 1.807) is 14.2 Å². The topological polar surface area (TPSA) is 91.2 Å². The summed E-state index contributed by atoms with van der Waals surface area (Å²) in [6.45, 7) is 8.00. The molecule has 3 aromatic rings. The van der Waals surface area contributed by atoms with Gasteiger partial charge in [-0.2, -0.15) is 0 Å². The van der Waals surface area contributed by atoms with E-state index in [-0.39, 0.29) is 64.4 Å². The number of methoxy groups -OCH3 is 2. The molecule has 52 heavy (non-hydrogen) atoms. The highest BCUT2D eigenvalue weighted by Gasteiger charge is 2.78. The summed E-state index contributed by atoms with van der Waals surface area (Å²) in [6.07, 6.45) is 7.18. The maximum absolute atomic E-state index is 14.2. The second-order valence-electron chi connectivity index (χ2n) is 17.8. The maximum Gasteiger partial charge on any atom is 0.310 e. The average molecular weight is 705 g/mol. The number of nitrogens with zero attached hydrogens (tertiary/aromatic N) is 4. The van der Waals surface area contributed by atoms with Crippen molar-refractivity contribution in [1.29, 1.82) is 0 Å². The number of allylic oxidation sites excluding steroid dienone is 1. The van der Waals surface area contributed by atoms with Gasteiger partial charge in [-0.1, -0.05) is 11.6 Å². The van der Waals surface area contributed by atoms with Gasteiger partial charge >= 0.3 is 11.9 Å². The summed E-state index contributed by atoms with van der Waals surface area (Å²) in [5, 5.41) is 2.19. The summed E-state index contributed by atoms with van der Waals surface area (Å²) >= 11 is 0. The quantitative estimate of drug-likeness (QED) is 0.208. The molecule has 0 N–H and O–H groups in total. The van der Waals surface area contributed by atoms with Crippen molar-refractivity contribution in [1.82, 2.24) is 9.80 Å². The van der Waals surface area contributed by atoms with Crippen molar-refractivity contribution >= 4 is 45.3 Å². The Balaban J connectivity index is 1.07. The maximum atomic E-state index is 14.2. The van der Waals surface area contributed by atoms with Crippen molar-refractivity contribution in [3.8, 4) is 0 Å². The van der Waals surface area contributed by atoms with Crippen molar-refractivity contribution in [3.63, 3.8) is 0 Å². The fourth-order valence-corrected chi connectivity index (χ4v) is 15.2. The molecular formula is C42H48N4O6. The zero-order valence-electron chi connectivity index (χ0n) is 31.0. The van der Waals surface area contributed by atoms with Crippen LogP contribution in [0, 0.1) is 23.7 Å². The number of piperidine rings is 2. The number of carbonyl (C=O) groups is 2. The molecule has 10 nitrogen and oxygen atoms in total. The first kappa shape index (κ1) is 30.8. The van der Waals surface area contributed by atoms with Gasteiger partial charge in [-0.25, -0.2) is 0 Å².